The van der Waals surface area contributed by atoms with Crippen molar-refractivity contribution in [2.75, 3.05) is 19.6 Å². The van der Waals surface area contributed by atoms with E-state index in [1.807, 2.05) is 37.4 Å². The Labute approximate surface area is 138 Å². The first-order valence-corrected chi connectivity index (χ1v) is 8.62. The van der Waals surface area contributed by atoms with Crippen LogP contribution in [0.2, 0.25) is 0 Å². The lowest BCUT2D eigenvalue weighted by molar-refractivity contribution is 0.0479. The molecule has 23 heavy (non-hydrogen) atoms. The van der Waals surface area contributed by atoms with Gasteiger partial charge in [0.1, 0.15) is 16.9 Å². The molecular formula is C17H20F2N2OS. The summed E-state index contributed by atoms with van der Waals surface area (Å²) in [5, 5.41) is 0.986. The number of aryl methyl sites for hydroxylation is 1. The van der Waals surface area contributed by atoms with E-state index >= 15 is 0 Å². The van der Waals surface area contributed by atoms with Crippen molar-refractivity contribution in [3.63, 3.8) is 0 Å². The lowest BCUT2D eigenvalue weighted by Gasteiger charge is -2.31. The van der Waals surface area contributed by atoms with Gasteiger partial charge in [0, 0.05) is 29.7 Å². The van der Waals surface area contributed by atoms with E-state index in [4.69, 9.17) is 4.74 Å². The Morgan fingerprint density at radius 3 is 2.78 bits per heavy atom. The summed E-state index contributed by atoms with van der Waals surface area (Å²) in [5.41, 5.74) is 1.05. The maximum Gasteiger partial charge on any atom is 0.251 e. The molecule has 2 heterocycles. The fourth-order valence-electron chi connectivity index (χ4n) is 2.79. The third-order valence-corrected chi connectivity index (χ3v) is 4.90. The Balaban J connectivity index is 1.59. The zero-order valence-electron chi connectivity index (χ0n) is 13.0. The first kappa shape index (κ1) is 16.3. The minimum Gasteiger partial charge on any atom is -0.490 e. The molecule has 3 nitrogen and oxygen atoms in total. The highest BCUT2D eigenvalue weighted by Gasteiger charge is 2.22. The largest absolute Gasteiger partial charge is 0.490 e. The first-order chi connectivity index (χ1) is 11.1. The molecule has 0 radical (unpaired) electrons. The number of halogens is 2. The van der Waals surface area contributed by atoms with E-state index in [9.17, 15) is 8.78 Å². The summed E-state index contributed by atoms with van der Waals surface area (Å²) in [4.78, 5) is 7.38. The maximum absolute atomic E-state index is 12.4. The van der Waals surface area contributed by atoms with Crippen LogP contribution in [0.15, 0.2) is 30.5 Å². The van der Waals surface area contributed by atoms with Gasteiger partial charge in [-0.3, -0.25) is 4.90 Å². The molecule has 0 atom stereocenters. The summed E-state index contributed by atoms with van der Waals surface area (Å²) >= 11 is 1.66. The van der Waals surface area contributed by atoms with Crippen molar-refractivity contribution in [2.24, 2.45) is 0 Å². The average molecular weight is 338 g/mol. The Morgan fingerprint density at radius 1 is 1.35 bits per heavy atom. The van der Waals surface area contributed by atoms with Crippen molar-refractivity contribution in [1.82, 2.24) is 9.88 Å². The number of likely N-dealkylation sites (tertiary alicyclic amines) is 1. The smallest absolute Gasteiger partial charge is 0.251 e. The summed E-state index contributed by atoms with van der Waals surface area (Å²) in [6.07, 6.45) is 1.27. The van der Waals surface area contributed by atoms with E-state index < -0.39 is 6.43 Å². The predicted octanol–water partition coefficient (Wildman–Crippen LogP) is 4.23. The van der Waals surface area contributed by atoms with E-state index in [0.717, 1.165) is 29.2 Å². The molecule has 1 aliphatic rings. The summed E-state index contributed by atoms with van der Waals surface area (Å²) in [5.74, 6) is 0.822. The van der Waals surface area contributed by atoms with Crippen molar-refractivity contribution in [2.45, 2.75) is 32.3 Å². The number of benzene rings is 1. The van der Waals surface area contributed by atoms with E-state index in [1.165, 1.54) is 4.88 Å². The Morgan fingerprint density at radius 2 is 2.13 bits per heavy atom. The second kappa shape index (κ2) is 7.36. The van der Waals surface area contributed by atoms with Gasteiger partial charge < -0.3 is 4.74 Å². The molecule has 1 aromatic heterocycles. The number of nitrogens with zero attached hydrogens (tertiary/aromatic N) is 2. The zero-order chi connectivity index (χ0) is 16.2. The second-order valence-electron chi connectivity index (χ2n) is 5.81. The van der Waals surface area contributed by atoms with Crippen molar-refractivity contribution in [3.05, 3.63) is 35.3 Å². The Kier molecular flexibility index (Phi) is 5.23. The Hall–Kier alpha value is -1.53. The maximum atomic E-state index is 12.4. The van der Waals surface area contributed by atoms with Gasteiger partial charge in [0.05, 0.1) is 6.54 Å². The van der Waals surface area contributed by atoms with Crippen molar-refractivity contribution < 1.29 is 13.5 Å². The van der Waals surface area contributed by atoms with Crippen LogP contribution >= 0.6 is 11.3 Å². The molecule has 0 unspecified atom stereocenters. The van der Waals surface area contributed by atoms with Crippen molar-refractivity contribution >= 4 is 11.3 Å². The third-order valence-electron chi connectivity index (χ3n) is 3.94. The standard InChI is InChI=1S/C17H20F2N2OS/c1-12-10-20-17(23-12)13-3-2-4-15(9-13)22-14-5-7-21(8-6-14)11-16(18)19/h2-4,9-10,14,16H,5-8,11H2,1H3. The molecule has 0 N–H and O–H groups in total. The number of rotatable bonds is 5. The predicted molar refractivity (Wildman–Crippen MR) is 88.4 cm³/mol. The molecule has 1 fully saturated rings. The minimum atomic E-state index is -2.26. The normalized spacial score (nSPS) is 16.9. The molecule has 0 aliphatic carbocycles. The van der Waals surface area contributed by atoms with E-state index in [-0.39, 0.29) is 12.6 Å². The molecule has 2 aromatic rings. The molecule has 1 aliphatic heterocycles. The van der Waals surface area contributed by atoms with Crippen LogP contribution in [0.25, 0.3) is 10.6 Å². The lowest BCUT2D eigenvalue weighted by atomic mass is 10.1. The average Bonchev–Trinajstić information content (AvgIpc) is 2.96. The third kappa shape index (κ3) is 4.48. The molecule has 6 heteroatoms. The van der Waals surface area contributed by atoms with Crippen LogP contribution in [-0.4, -0.2) is 42.0 Å². The van der Waals surface area contributed by atoms with Gasteiger partial charge in [-0.05, 0) is 31.9 Å². The van der Waals surface area contributed by atoms with Crippen LogP contribution < -0.4 is 4.74 Å². The SMILES string of the molecule is Cc1cnc(-c2cccc(OC3CCN(CC(F)F)CC3)c2)s1. The number of alkyl halides is 2. The molecule has 0 saturated carbocycles. The van der Waals surface area contributed by atoms with Crippen LogP contribution in [0.5, 0.6) is 5.75 Å². The topological polar surface area (TPSA) is 25.4 Å². The fraction of sp³-hybridized carbons (Fsp3) is 0.471. The van der Waals surface area contributed by atoms with Gasteiger partial charge >= 0.3 is 0 Å². The quantitative estimate of drug-likeness (QED) is 0.816. The van der Waals surface area contributed by atoms with Gasteiger partial charge in [-0.1, -0.05) is 12.1 Å². The summed E-state index contributed by atoms with van der Waals surface area (Å²) < 4.78 is 30.8. The van der Waals surface area contributed by atoms with Gasteiger partial charge in [0.25, 0.3) is 6.43 Å². The first-order valence-electron chi connectivity index (χ1n) is 7.80. The molecule has 0 bridgehead atoms. The highest BCUT2D eigenvalue weighted by molar-refractivity contribution is 7.14. The molecular weight excluding hydrogens is 318 g/mol. The van der Waals surface area contributed by atoms with Gasteiger partial charge in [0.2, 0.25) is 0 Å². The second-order valence-corrected chi connectivity index (χ2v) is 7.05. The Bertz CT molecular complexity index is 639. The number of piperidine rings is 1. The number of aromatic nitrogens is 1. The van der Waals surface area contributed by atoms with Gasteiger partial charge in [-0.2, -0.15) is 0 Å². The van der Waals surface area contributed by atoms with Crippen molar-refractivity contribution in [3.8, 4) is 16.3 Å². The van der Waals surface area contributed by atoms with Gasteiger partial charge in [-0.25, -0.2) is 13.8 Å². The number of hydrogen-bond acceptors (Lipinski definition) is 4. The molecule has 3 rings (SSSR count). The lowest BCUT2D eigenvalue weighted by Crippen LogP contribution is -2.40. The monoisotopic (exact) mass is 338 g/mol. The fourth-order valence-corrected chi connectivity index (χ4v) is 3.55. The number of hydrogen-bond donors (Lipinski definition) is 0. The van der Waals surface area contributed by atoms with E-state index in [1.54, 1.807) is 16.2 Å². The summed E-state index contributed by atoms with van der Waals surface area (Å²) in [6, 6.07) is 7.93. The zero-order valence-corrected chi connectivity index (χ0v) is 13.9. The van der Waals surface area contributed by atoms with Crippen LogP contribution in [0.4, 0.5) is 8.78 Å². The number of ether oxygens (including phenoxy) is 1. The molecule has 1 aromatic carbocycles. The summed E-state index contributed by atoms with van der Waals surface area (Å²) in [7, 11) is 0. The van der Waals surface area contributed by atoms with Crippen LogP contribution in [0, 0.1) is 6.92 Å². The highest BCUT2D eigenvalue weighted by atomic mass is 32.1. The van der Waals surface area contributed by atoms with Crippen LogP contribution in [0.1, 0.15) is 17.7 Å². The van der Waals surface area contributed by atoms with Crippen LogP contribution in [0.3, 0.4) is 0 Å². The number of thiazole rings is 1. The van der Waals surface area contributed by atoms with E-state index in [0.29, 0.717) is 13.1 Å². The highest BCUT2D eigenvalue weighted by Crippen LogP contribution is 2.28. The molecule has 1 saturated heterocycles. The molecule has 124 valence electrons. The van der Waals surface area contributed by atoms with Gasteiger partial charge in [0.15, 0.2) is 0 Å². The van der Waals surface area contributed by atoms with E-state index in [2.05, 4.69) is 4.98 Å². The summed E-state index contributed by atoms with van der Waals surface area (Å²) in [6.45, 7) is 3.24. The molecule has 0 spiro atoms. The van der Waals surface area contributed by atoms with Crippen molar-refractivity contribution in [1.29, 1.82) is 0 Å². The van der Waals surface area contributed by atoms with Gasteiger partial charge in [-0.15, -0.1) is 11.3 Å². The minimum absolute atomic E-state index is 0.0946. The van der Waals surface area contributed by atoms with Crippen LogP contribution in [-0.2, 0) is 0 Å². The molecule has 0 amide bonds.